The molecule has 0 bridgehead atoms. The second kappa shape index (κ2) is 11.4. The van der Waals surface area contributed by atoms with E-state index in [0.717, 1.165) is 12.3 Å². The van der Waals surface area contributed by atoms with Crippen LogP contribution in [0.15, 0.2) is 60.8 Å². The zero-order chi connectivity index (χ0) is 28.3. The van der Waals surface area contributed by atoms with E-state index in [1.165, 1.54) is 11.0 Å². The van der Waals surface area contributed by atoms with Gasteiger partial charge in [0.05, 0.1) is 36.2 Å². The maximum absolute atomic E-state index is 13.0. The van der Waals surface area contributed by atoms with Crippen LogP contribution in [-0.4, -0.2) is 61.7 Å². The van der Waals surface area contributed by atoms with E-state index >= 15 is 0 Å². The number of pyridine rings is 1. The Morgan fingerprint density at radius 3 is 2.33 bits per heavy atom. The quantitative estimate of drug-likeness (QED) is 0.243. The molecule has 8 nitrogen and oxygen atoms in total. The normalized spacial score (nSPS) is 12.0. The van der Waals surface area contributed by atoms with E-state index in [1.54, 1.807) is 47.0 Å². The van der Waals surface area contributed by atoms with Gasteiger partial charge in [0.15, 0.2) is 0 Å². The number of benzene rings is 2. The standard InChI is InChI=1S/C28H28F3N3O5/c1-17(2)39-21-7-5-20(6-8-21)34-25-10-3-18(24-9-4-19(14-32-24)28(29,30)31)13-22(25)23(26(34)27(37)38)15-33(16-36)11-12-35/h3-10,13-14,17,35-36H,11-12,15-16H2,1-2H3,(H,37,38). The molecule has 2 heterocycles. The monoisotopic (exact) mass is 543 g/mol. The summed E-state index contributed by atoms with van der Waals surface area (Å²) >= 11 is 0. The summed E-state index contributed by atoms with van der Waals surface area (Å²) in [7, 11) is 0. The topological polar surface area (TPSA) is 108 Å². The van der Waals surface area contributed by atoms with Crippen molar-refractivity contribution in [3.8, 4) is 22.7 Å². The fourth-order valence-corrected chi connectivity index (χ4v) is 4.41. The summed E-state index contributed by atoms with van der Waals surface area (Å²) in [5.41, 5.74) is 1.32. The minimum Gasteiger partial charge on any atom is -0.491 e. The highest BCUT2D eigenvalue weighted by Crippen LogP contribution is 2.35. The molecule has 11 heteroatoms. The molecule has 0 aliphatic rings. The van der Waals surface area contributed by atoms with Crippen molar-refractivity contribution in [3.63, 3.8) is 0 Å². The smallest absolute Gasteiger partial charge is 0.417 e. The molecule has 2 aromatic carbocycles. The molecule has 39 heavy (non-hydrogen) atoms. The molecule has 0 unspecified atom stereocenters. The van der Waals surface area contributed by atoms with E-state index in [9.17, 15) is 33.3 Å². The average Bonchev–Trinajstić information content (AvgIpc) is 3.21. The summed E-state index contributed by atoms with van der Waals surface area (Å²) in [4.78, 5) is 18.1. The number of nitrogens with zero attached hydrogens (tertiary/aromatic N) is 3. The summed E-state index contributed by atoms with van der Waals surface area (Å²) in [6.45, 7) is 3.22. The average molecular weight is 544 g/mol. The van der Waals surface area contributed by atoms with E-state index in [1.807, 2.05) is 13.8 Å². The van der Waals surface area contributed by atoms with E-state index < -0.39 is 24.4 Å². The molecule has 0 saturated carbocycles. The number of aliphatic hydroxyl groups is 2. The maximum atomic E-state index is 13.0. The Hall–Kier alpha value is -3.93. The first kappa shape index (κ1) is 28.1. The van der Waals surface area contributed by atoms with Crippen LogP contribution in [0.2, 0.25) is 0 Å². The van der Waals surface area contributed by atoms with Gasteiger partial charge in [0.25, 0.3) is 0 Å². The van der Waals surface area contributed by atoms with Crippen molar-refractivity contribution in [2.45, 2.75) is 32.7 Å². The number of carbonyl (C=O) groups is 1. The number of aromatic carboxylic acids is 1. The van der Waals surface area contributed by atoms with Gasteiger partial charge in [0.2, 0.25) is 0 Å². The number of carboxylic acids is 1. The number of ether oxygens (including phenoxy) is 1. The number of aliphatic hydroxyl groups excluding tert-OH is 2. The zero-order valence-corrected chi connectivity index (χ0v) is 21.3. The van der Waals surface area contributed by atoms with Crippen molar-refractivity contribution in [1.29, 1.82) is 0 Å². The van der Waals surface area contributed by atoms with Gasteiger partial charge >= 0.3 is 12.1 Å². The SMILES string of the molecule is CC(C)Oc1ccc(-n2c(C(=O)O)c(CN(CO)CCO)c3cc(-c4ccc(C(F)(F)F)cn4)ccc32)cc1. The molecule has 0 amide bonds. The van der Waals surface area contributed by atoms with Gasteiger partial charge in [-0.05, 0) is 62.4 Å². The Morgan fingerprint density at radius 1 is 1.08 bits per heavy atom. The first-order valence-electron chi connectivity index (χ1n) is 12.2. The number of rotatable bonds is 10. The predicted molar refractivity (Wildman–Crippen MR) is 139 cm³/mol. The molecular formula is C28H28F3N3O5. The molecule has 0 saturated heterocycles. The fourth-order valence-electron chi connectivity index (χ4n) is 4.41. The lowest BCUT2D eigenvalue weighted by molar-refractivity contribution is -0.137. The Labute approximate surface area is 222 Å². The van der Waals surface area contributed by atoms with Crippen LogP contribution in [0.5, 0.6) is 5.75 Å². The predicted octanol–water partition coefficient (Wildman–Crippen LogP) is 4.94. The molecule has 4 aromatic rings. The van der Waals surface area contributed by atoms with Crippen LogP contribution in [0.1, 0.15) is 35.5 Å². The van der Waals surface area contributed by atoms with Gasteiger partial charge in [-0.15, -0.1) is 0 Å². The number of aromatic nitrogens is 2. The van der Waals surface area contributed by atoms with E-state index in [0.29, 0.717) is 33.5 Å². The summed E-state index contributed by atoms with van der Waals surface area (Å²) in [6.07, 6.45) is -3.81. The van der Waals surface area contributed by atoms with Crippen molar-refractivity contribution in [3.05, 3.63) is 77.6 Å². The number of hydrogen-bond acceptors (Lipinski definition) is 6. The Morgan fingerprint density at radius 2 is 1.79 bits per heavy atom. The molecule has 0 aliphatic heterocycles. The van der Waals surface area contributed by atoms with Gasteiger partial charge in [0, 0.05) is 41.5 Å². The number of hydrogen-bond donors (Lipinski definition) is 3. The Kier molecular flexibility index (Phi) is 8.24. The summed E-state index contributed by atoms with van der Waals surface area (Å²) in [5, 5.41) is 30.0. The van der Waals surface area contributed by atoms with Crippen molar-refractivity contribution in [2.75, 3.05) is 19.9 Å². The van der Waals surface area contributed by atoms with Crippen molar-refractivity contribution < 1.29 is 38.0 Å². The lowest BCUT2D eigenvalue weighted by atomic mass is 10.0. The maximum Gasteiger partial charge on any atom is 0.417 e. The van der Waals surface area contributed by atoms with Gasteiger partial charge in [-0.25, -0.2) is 4.79 Å². The molecule has 0 aliphatic carbocycles. The Bertz CT molecular complexity index is 1450. The first-order valence-corrected chi connectivity index (χ1v) is 12.2. The lowest BCUT2D eigenvalue weighted by Crippen LogP contribution is -2.28. The summed E-state index contributed by atoms with van der Waals surface area (Å²) in [5.74, 6) is -0.591. The minimum atomic E-state index is -4.52. The molecular weight excluding hydrogens is 515 g/mol. The molecule has 0 radical (unpaired) electrons. The zero-order valence-electron chi connectivity index (χ0n) is 21.3. The molecule has 0 atom stereocenters. The number of alkyl halides is 3. The summed E-state index contributed by atoms with van der Waals surface area (Å²) < 4.78 is 46.3. The van der Waals surface area contributed by atoms with Gasteiger partial charge in [-0.1, -0.05) is 6.07 Å². The van der Waals surface area contributed by atoms with Crippen LogP contribution < -0.4 is 4.74 Å². The molecule has 4 rings (SSSR count). The first-order chi connectivity index (χ1) is 18.5. The minimum absolute atomic E-state index is 0.000626. The van der Waals surface area contributed by atoms with Gasteiger partial charge in [0.1, 0.15) is 11.4 Å². The van der Waals surface area contributed by atoms with E-state index in [2.05, 4.69) is 4.98 Å². The van der Waals surface area contributed by atoms with Gasteiger partial charge in [-0.2, -0.15) is 13.2 Å². The van der Waals surface area contributed by atoms with Crippen LogP contribution >= 0.6 is 0 Å². The van der Waals surface area contributed by atoms with Gasteiger partial charge < -0.3 is 24.6 Å². The highest BCUT2D eigenvalue weighted by molar-refractivity contribution is 6.01. The van der Waals surface area contributed by atoms with Crippen molar-refractivity contribution in [2.24, 2.45) is 0 Å². The summed E-state index contributed by atoms with van der Waals surface area (Å²) in [6, 6.07) is 14.2. The molecule has 0 spiro atoms. The second-order valence-electron chi connectivity index (χ2n) is 9.21. The second-order valence-corrected chi connectivity index (χ2v) is 9.21. The Balaban J connectivity index is 1.91. The molecule has 3 N–H and O–H groups in total. The number of fused-ring (bicyclic) bond motifs is 1. The highest BCUT2D eigenvalue weighted by Gasteiger charge is 2.31. The molecule has 206 valence electrons. The number of carboxylic acid groups (broad SMARTS) is 1. The van der Waals surface area contributed by atoms with E-state index in [4.69, 9.17) is 4.74 Å². The molecule has 0 fully saturated rings. The van der Waals surface area contributed by atoms with Crippen molar-refractivity contribution in [1.82, 2.24) is 14.5 Å². The van der Waals surface area contributed by atoms with Gasteiger partial charge in [-0.3, -0.25) is 9.88 Å². The van der Waals surface area contributed by atoms with Crippen molar-refractivity contribution >= 4 is 16.9 Å². The van der Waals surface area contributed by atoms with Crippen LogP contribution in [0.4, 0.5) is 13.2 Å². The van der Waals surface area contributed by atoms with Crippen LogP contribution in [-0.2, 0) is 12.7 Å². The van der Waals surface area contributed by atoms with Crippen LogP contribution in [0, 0.1) is 0 Å². The van der Waals surface area contributed by atoms with Crippen LogP contribution in [0.25, 0.3) is 27.8 Å². The molecule has 2 aromatic heterocycles. The third-order valence-corrected chi connectivity index (χ3v) is 6.13. The largest absolute Gasteiger partial charge is 0.491 e. The van der Waals surface area contributed by atoms with E-state index in [-0.39, 0.29) is 37.2 Å². The fraction of sp³-hybridized carbons (Fsp3) is 0.286. The highest BCUT2D eigenvalue weighted by atomic mass is 19.4. The third-order valence-electron chi connectivity index (χ3n) is 6.13. The third kappa shape index (κ3) is 6.06. The number of halogens is 3. The lowest BCUT2D eigenvalue weighted by Gasteiger charge is -2.18. The van der Waals surface area contributed by atoms with Crippen LogP contribution in [0.3, 0.4) is 0 Å².